The standard InChI is InChI=1S/C9H11N3O2S/c13-8-2-1-7(9(14)12-8)10-3-6-4-15-5-11-6/h4-5,7,10H,1-3H2,(H,12,13,14). The SMILES string of the molecule is O=C1CCC(NCc2cscn2)C(=O)N1. The highest BCUT2D eigenvalue weighted by Crippen LogP contribution is 2.06. The Bertz CT molecular complexity index is 363. The summed E-state index contributed by atoms with van der Waals surface area (Å²) in [4.78, 5) is 26.3. The van der Waals surface area contributed by atoms with Crippen LogP contribution in [0.25, 0.3) is 0 Å². The Morgan fingerprint density at radius 1 is 1.60 bits per heavy atom. The Kier molecular flexibility index (Phi) is 3.08. The molecule has 0 saturated carbocycles. The normalized spacial score (nSPS) is 21.5. The Labute approximate surface area is 90.9 Å². The number of amides is 2. The van der Waals surface area contributed by atoms with E-state index in [9.17, 15) is 9.59 Å². The first-order chi connectivity index (χ1) is 7.25. The molecule has 1 aliphatic heterocycles. The number of nitrogens with zero attached hydrogens (tertiary/aromatic N) is 1. The first-order valence-corrected chi connectivity index (χ1v) is 5.64. The molecule has 2 rings (SSSR count). The second kappa shape index (κ2) is 4.50. The zero-order chi connectivity index (χ0) is 10.7. The van der Waals surface area contributed by atoms with Crippen LogP contribution in [0.5, 0.6) is 0 Å². The molecule has 0 aromatic carbocycles. The first-order valence-electron chi connectivity index (χ1n) is 4.70. The molecule has 6 heteroatoms. The molecule has 80 valence electrons. The number of hydrogen-bond acceptors (Lipinski definition) is 5. The molecule has 0 aliphatic carbocycles. The average molecular weight is 225 g/mol. The zero-order valence-electron chi connectivity index (χ0n) is 8.03. The summed E-state index contributed by atoms with van der Waals surface area (Å²) in [6.45, 7) is 0.565. The molecular formula is C9H11N3O2S. The van der Waals surface area contributed by atoms with Crippen molar-refractivity contribution < 1.29 is 9.59 Å². The van der Waals surface area contributed by atoms with Gasteiger partial charge < -0.3 is 5.32 Å². The summed E-state index contributed by atoms with van der Waals surface area (Å²) in [6, 6.07) is -0.274. The molecule has 1 aromatic heterocycles. The highest BCUT2D eigenvalue weighted by molar-refractivity contribution is 7.07. The summed E-state index contributed by atoms with van der Waals surface area (Å²) in [5, 5.41) is 7.30. The van der Waals surface area contributed by atoms with Crippen LogP contribution in [0.15, 0.2) is 10.9 Å². The number of nitrogens with one attached hydrogen (secondary N) is 2. The van der Waals surface area contributed by atoms with Gasteiger partial charge >= 0.3 is 0 Å². The summed E-state index contributed by atoms with van der Waals surface area (Å²) in [5.74, 6) is -0.423. The maximum absolute atomic E-state index is 11.4. The van der Waals surface area contributed by atoms with Gasteiger partial charge in [0, 0.05) is 18.3 Å². The molecule has 0 bridgehead atoms. The van der Waals surface area contributed by atoms with Gasteiger partial charge in [0.05, 0.1) is 17.2 Å². The lowest BCUT2D eigenvalue weighted by Gasteiger charge is -2.21. The van der Waals surface area contributed by atoms with Gasteiger partial charge in [0.25, 0.3) is 0 Å². The Hall–Kier alpha value is -1.27. The first kappa shape index (κ1) is 10.3. The average Bonchev–Trinajstić information content (AvgIpc) is 2.69. The summed E-state index contributed by atoms with van der Waals surface area (Å²) < 4.78 is 0. The number of rotatable bonds is 3. The number of aromatic nitrogens is 1. The third-order valence-corrected chi connectivity index (χ3v) is 2.89. The maximum atomic E-state index is 11.4. The highest BCUT2D eigenvalue weighted by Gasteiger charge is 2.25. The fraction of sp³-hybridized carbons (Fsp3) is 0.444. The molecule has 1 saturated heterocycles. The van der Waals surface area contributed by atoms with Gasteiger partial charge in [0.15, 0.2) is 0 Å². The molecule has 2 N–H and O–H groups in total. The van der Waals surface area contributed by atoms with E-state index in [4.69, 9.17) is 0 Å². The van der Waals surface area contributed by atoms with E-state index < -0.39 is 0 Å². The smallest absolute Gasteiger partial charge is 0.243 e. The van der Waals surface area contributed by atoms with Gasteiger partial charge in [-0.25, -0.2) is 4.98 Å². The van der Waals surface area contributed by atoms with Gasteiger partial charge in [-0.15, -0.1) is 11.3 Å². The van der Waals surface area contributed by atoms with Gasteiger partial charge in [-0.1, -0.05) is 0 Å². The van der Waals surface area contributed by atoms with Crippen molar-refractivity contribution in [3.05, 3.63) is 16.6 Å². The van der Waals surface area contributed by atoms with Crippen LogP contribution in [0.3, 0.4) is 0 Å². The Morgan fingerprint density at radius 2 is 2.47 bits per heavy atom. The summed E-state index contributed by atoms with van der Waals surface area (Å²) in [5.41, 5.74) is 2.67. The molecule has 0 radical (unpaired) electrons. The third kappa shape index (κ3) is 2.60. The van der Waals surface area contributed by atoms with Crippen molar-refractivity contribution >= 4 is 23.2 Å². The van der Waals surface area contributed by atoms with E-state index in [1.54, 1.807) is 5.51 Å². The summed E-state index contributed by atoms with van der Waals surface area (Å²) in [6.07, 6.45) is 0.968. The fourth-order valence-corrected chi connectivity index (χ4v) is 2.00. The topological polar surface area (TPSA) is 71.1 Å². The van der Waals surface area contributed by atoms with Crippen molar-refractivity contribution in [3.63, 3.8) is 0 Å². The molecule has 2 amide bonds. The monoisotopic (exact) mass is 225 g/mol. The number of hydrogen-bond donors (Lipinski definition) is 2. The number of carbonyl (C=O) groups is 2. The Morgan fingerprint density at radius 3 is 3.13 bits per heavy atom. The summed E-state index contributed by atoms with van der Waals surface area (Å²) >= 11 is 1.52. The van der Waals surface area contributed by atoms with Crippen molar-refractivity contribution in [1.82, 2.24) is 15.6 Å². The van der Waals surface area contributed by atoms with Crippen molar-refractivity contribution in [3.8, 4) is 0 Å². The highest BCUT2D eigenvalue weighted by atomic mass is 32.1. The van der Waals surface area contributed by atoms with Crippen LogP contribution in [-0.2, 0) is 16.1 Å². The third-order valence-electron chi connectivity index (χ3n) is 2.25. The second-order valence-electron chi connectivity index (χ2n) is 3.36. The molecule has 1 unspecified atom stereocenters. The number of imide groups is 1. The van der Waals surface area contributed by atoms with Gasteiger partial charge in [-0.2, -0.15) is 0 Å². The lowest BCUT2D eigenvalue weighted by Crippen LogP contribution is -2.50. The van der Waals surface area contributed by atoms with E-state index in [0.717, 1.165) is 5.69 Å². The lowest BCUT2D eigenvalue weighted by atomic mass is 10.1. The number of thiazole rings is 1. The molecule has 5 nitrogen and oxygen atoms in total. The predicted octanol–water partition coefficient (Wildman–Crippen LogP) is 0.0379. The number of piperidine rings is 1. The van der Waals surface area contributed by atoms with Crippen LogP contribution in [0.2, 0.25) is 0 Å². The molecule has 1 aromatic rings. The van der Waals surface area contributed by atoms with Gasteiger partial charge in [0.1, 0.15) is 0 Å². The van der Waals surface area contributed by atoms with E-state index in [1.165, 1.54) is 11.3 Å². The van der Waals surface area contributed by atoms with E-state index in [-0.39, 0.29) is 17.9 Å². The van der Waals surface area contributed by atoms with Crippen LogP contribution in [0, 0.1) is 0 Å². The molecular weight excluding hydrogens is 214 g/mol. The van der Waals surface area contributed by atoms with Gasteiger partial charge in [-0.05, 0) is 6.42 Å². The van der Waals surface area contributed by atoms with Crippen LogP contribution in [0.4, 0.5) is 0 Å². The van der Waals surface area contributed by atoms with E-state index in [0.29, 0.717) is 19.4 Å². The molecule has 1 fully saturated rings. The van der Waals surface area contributed by atoms with Gasteiger partial charge in [-0.3, -0.25) is 14.9 Å². The van der Waals surface area contributed by atoms with Crippen molar-refractivity contribution in [1.29, 1.82) is 0 Å². The molecule has 1 atom stereocenters. The number of carbonyl (C=O) groups excluding carboxylic acids is 2. The molecule has 0 spiro atoms. The van der Waals surface area contributed by atoms with Crippen LogP contribution < -0.4 is 10.6 Å². The minimum absolute atomic E-state index is 0.188. The maximum Gasteiger partial charge on any atom is 0.243 e. The van der Waals surface area contributed by atoms with E-state index in [1.807, 2.05) is 5.38 Å². The second-order valence-corrected chi connectivity index (χ2v) is 4.08. The molecule has 1 aliphatic rings. The van der Waals surface area contributed by atoms with Gasteiger partial charge in [0.2, 0.25) is 11.8 Å². The summed E-state index contributed by atoms with van der Waals surface area (Å²) in [7, 11) is 0. The fourth-order valence-electron chi connectivity index (χ4n) is 1.44. The molecule has 15 heavy (non-hydrogen) atoms. The predicted molar refractivity (Wildman–Crippen MR) is 55.1 cm³/mol. The van der Waals surface area contributed by atoms with Crippen molar-refractivity contribution in [2.45, 2.75) is 25.4 Å². The van der Waals surface area contributed by atoms with Crippen LogP contribution >= 0.6 is 11.3 Å². The van der Waals surface area contributed by atoms with Crippen LogP contribution in [-0.4, -0.2) is 22.8 Å². The minimum Gasteiger partial charge on any atom is -0.300 e. The Balaban J connectivity index is 1.85. The van der Waals surface area contributed by atoms with E-state index >= 15 is 0 Å². The minimum atomic E-state index is -0.274. The zero-order valence-corrected chi connectivity index (χ0v) is 8.84. The molecule has 2 heterocycles. The van der Waals surface area contributed by atoms with Crippen LogP contribution in [0.1, 0.15) is 18.5 Å². The lowest BCUT2D eigenvalue weighted by molar-refractivity contribution is -0.134. The largest absolute Gasteiger partial charge is 0.300 e. The quantitative estimate of drug-likeness (QED) is 0.712. The van der Waals surface area contributed by atoms with Crippen molar-refractivity contribution in [2.75, 3.05) is 0 Å². The van der Waals surface area contributed by atoms with E-state index in [2.05, 4.69) is 15.6 Å². The van der Waals surface area contributed by atoms with Crippen molar-refractivity contribution in [2.24, 2.45) is 0 Å².